The Bertz CT molecular complexity index is 1800. The number of rotatable bonds is 7. The first-order valence-electron chi connectivity index (χ1n) is 12.0. The van der Waals surface area contributed by atoms with Crippen molar-refractivity contribution in [1.29, 1.82) is 0 Å². The second kappa shape index (κ2) is 10.9. The van der Waals surface area contributed by atoms with E-state index in [9.17, 15) is 22.8 Å². The van der Waals surface area contributed by atoms with Gasteiger partial charge in [0.25, 0.3) is 5.56 Å². The van der Waals surface area contributed by atoms with Crippen LogP contribution in [0.5, 0.6) is 5.75 Å². The zero-order chi connectivity index (χ0) is 28.3. The predicted octanol–water partition coefficient (Wildman–Crippen LogP) is 6.24. The molecule has 1 N–H and O–H groups in total. The number of alkyl halides is 3. The maximum Gasteiger partial charge on any atom is 0.416 e. The Hall–Kier alpha value is -5.25. The smallest absolute Gasteiger partial charge is 0.416 e. The third-order valence-corrected chi connectivity index (χ3v) is 6.03. The Morgan fingerprint density at radius 2 is 1.68 bits per heavy atom. The Labute approximate surface area is 225 Å². The predicted molar refractivity (Wildman–Crippen MR) is 144 cm³/mol. The number of nitrogens with zero attached hydrogens (tertiary/aromatic N) is 3. The molecule has 1 heterocycles. The maximum absolute atomic E-state index is 13.4. The van der Waals surface area contributed by atoms with Crippen LogP contribution in [-0.2, 0) is 12.8 Å². The van der Waals surface area contributed by atoms with Crippen molar-refractivity contribution in [2.45, 2.75) is 12.8 Å². The molecule has 0 unspecified atom stereocenters. The number of aromatic carboxylic acids is 1. The Kier molecular flexibility index (Phi) is 7.15. The van der Waals surface area contributed by atoms with Crippen LogP contribution in [0, 0.1) is 0 Å². The Balaban J connectivity index is 1.53. The van der Waals surface area contributed by atoms with Gasteiger partial charge >= 0.3 is 12.1 Å². The van der Waals surface area contributed by atoms with Crippen LogP contribution >= 0.6 is 0 Å². The molecule has 0 atom stereocenters. The molecule has 0 amide bonds. The summed E-state index contributed by atoms with van der Waals surface area (Å²) in [4.78, 5) is 29.0. The normalized spacial score (nSPS) is 11.7. The first-order chi connectivity index (χ1) is 19.2. The van der Waals surface area contributed by atoms with Crippen molar-refractivity contribution in [3.05, 3.63) is 130 Å². The largest absolute Gasteiger partial charge is 0.488 e. The van der Waals surface area contributed by atoms with Crippen LogP contribution < -0.4 is 10.3 Å². The molecule has 5 aromatic rings. The third-order valence-electron chi connectivity index (χ3n) is 6.03. The lowest BCUT2D eigenvalue weighted by molar-refractivity contribution is -0.137. The molecule has 0 saturated carbocycles. The topological polar surface area (TPSA) is 93.8 Å². The number of carbonyl (C=O) groups is 1. The summed E-state index contributed by atoms with van der Waals surface area (Å²) in [5, 5.41) is 13.7. The molecule has 0 bridgehead atoms. The third kappa shape index (κ3) is 5.60. The monoisotopic (exact) mass is 543 g/mol. The second-order valence-corrected chi connectivity index (χ2v) is 8.72. The summed E-state index contributed by atoms with van der Waals surface area (Å²) in [6.07, 6.45) is -3.21. The fourth-order valence-corrected chi connectivity index (χ4v) is 4.00. The molecule has 0 spiro atoms. The van der Waals surface area contributed by atoms with E-state index in [0.717, 1.165) is 22.4 Å². The molecule has 0 aliphatic carbocycles. The van der Waals surface area contributed by atoms with Crippen LogP contribution in [0.4, 0.5) is 13.2 Å². The molecule has 5 rings (SSSR count). The number of para-hydroxylation sites is 2. The summed E-state index contributed by atoms with van der Waals surface area (Å²) in [5.41, 5.74) is 0.359. The molecule has 0 saturated heterocycles. The van der Waals surface area contributed by atoms with Crippen LogP contribution in [0.15, 0.2) is 107 Å². The minimum absolute atomic E-state index is 0.0528. The van der Waals surface area contributed by atoms with Gasteiger partial charge in [-0.3, -0.25) is 4.79 Å². The number of aromatic nitrogens is 2. The highest BCUT2D eigenvalue weighted by molar-refractivity contribution is 5.87. The zero-order valence-corrected chi connectivity index (χ0v) is 20.7. The highest BCUT2D eigenvalue weighted by Crippen LogP contribution is 2.32. The number of hydrogen-bond donors (Lipinski definition) is 1. The molecular formula is C30H20F3N3O4. The van der Waals surface area contributed by atoms with Gasteiger partial charge in [0, 0.05) is 11.1 Å². The first-order valence-corrected chi connectivity index (χ1v) is 12.0. The van der Waals surface area contributed by atoms with Crippen molar-refractivity contribution in [3.63, 3.8) is 0 Å². The van der Waals surface area contributed by atoms with Gasteiger partial charge in [-0.05, 0) is 54.1 Å². The quantitative estimate of drug-likeness (QED) is 0.245. The van der Waals surface area contributed by atoms with Crippen molar-refractivity contribution in [1.82, 2.24) is 9.66 Å². The highest BCUT2D eigenvalue weighted by atomic mass is 19.4. The lowest BCUT2D eigenvalue weighted by Crippen LogP contribution is -2.20. The number of fused-ring (bicyclic) bond motifs is 1. The van der Waals surface area contributed by atoms with Gasteiger partial charge in [-0.2, -0.15) is 22.9 Å². The van der Waals surface area contributed by atoms with E-state index in [0.29, 0.717) is 16.8 Å². The Morgan fingerprint density at radius 3 is 2.42 bits per heavy atom. The van der Waals surface area contributed by atoms with Crippen LogP contribution in [0.2, 0.25) is 0 Å². The summed E-state index contributed by atoms with van der Waals surface area (Å²) in [6.45, 7) is 0.137. The van der Waals surface area contributed by atoms with Crippen LogP contribution in [0.25, 0.3) is 22.3 Å². The standard InChI is InChI=1S/C30H20F3N3O4/c31-30(32,33)23-8-5-7-21(16-23)27-35-25-10-3-2-9-24(25)28(37)36(27)34-17-22-6-1-4-11-26(22)40-18-19-12-14-20(15-13-19)29(38)39/h1-17H,18H2,(H,38,39). The van der Waals surface area contributed by atoms with Gasteiger partial charge in [-0.1, -0.05) is 48.5 Å². The number of hydrogen-bond acceptors (Lipinski definition) is 5. The maximum atomic E-state index is 13.4. The van der Waals surface area contributed by atoms with E-state index < -0.39 is 23.3 Å². The van der Waals surface area contributed by atoms with Gasteiger partial charge in [0.15, 0.2) is 5.82 Å². The van der Waals surface area contributed by atoms with Gasteiger partial charge in [-0.15, -0.1) is 0 Å². The SMILES string of the molecule is O=C(O)c1ccc(COc2ccccc2C=Nn2c(-c3cccc(C(F)(F)F)c3)nc3ccccc3c2=O)cc1. The summed E-state index contributed by atoms with van der Waals surface area (Å²) in [5.74, 6) is -0.657. The van der Waals surface area contributed by atoms with Gasteiger partial charge in [-0.25, -0.2) is 9.78 Å². The van der Waals surface area contributed by atoms with Crippen molar-refractivity contribution in [2.24, 2.45) is 5.10 Å². The number of carboxylic acids is 1. The second-order valence-electron chi connectivity index (χ2n) is 8.72. The van der Waals surface area contributed by atoms with Gasteiger partial charge in [0.2, 0.25) is 0 Å². The van der Waals surface area contributed by atoms with Gasteiger partial charge in [0.1, 0.15) is 12.4 Å². The molecule has 4 aromatic carbocycles. The Morgan fingerprint density at radius 1 is 0.950 bits per heavy atom. The average Bonchev–Trinajstić information content (AvgIpc) is 2.96. The highest BCUT2D eigenvalue weighted by Gasteiger charge is 2.31. The number of ether oxygens (including phenoxy) is 1. The van der Waals surface area contributed by atoms with Crippen molar-refractivity contribution in [2.75, 3.05) is 0 Å². The molecule has 0 aliphatic heterocycles. The zero-order valence-electron chi connectivity index (χ0n) is 20.7. The van der Waals surface area contributed by atoms with Gasteiger partial charge in [0.05, 0.1) is 28.2 Å². The number of carboxylic acid groups (broad SMARTS) is 1. The van der Waals surface area contributed by atoms with E-state index in [-0.39, 0.29) is 28.9 Å². The molecule has 0 radical (unpaired) electrons. The lowest BCUT2D eigenvalue weighted by Gasteiger charge is -2.12. The number of benzene rings is 4. The fraction of sp³-hybridized carbons (Fsp3) is 0.0667. The molecule has 7 nitrogen and oxygen atoms in total. The molecule has 0 fully saturated rings. The summed E-state index contributed by atoms with van der Waals surface area (Å²) < 4.78 is 47.2. The first kappa shape index (κ1) is 26.4. The molecule has 200 valence electrons. The van der Waals surface area contributed by atoms with Crippen molar-refractivity contribution >= 4 is 23.1 Å². The average molecular weight is 544 g/mol. The summed E-state index contributed by atoms with van der Waals surface area (Å²) in [6, 6.07) is 24.2. The van der Waals surface area contributed by atoms with Gasteiger partial charge < -0.3 is 9.84 Å². The summed E-state index contributed by atoms with van der Waals surface area (Å²) in [7, 11) is 0. The van der Waals surface area contributed by atoms with Crippen LogP contribution in [0.3, 0.4) is 0 Å². The van der Waals surface area contributed by atoms with E-state index >= 15 is 0 Å². The van der Waals surface area contributed by atoms with Crippen molar-refractivity contribution < 1.29 is 27.8 Å². The fourth-order valence-electron chi connectivity index (χ4n) is 4.00. The minimum Gasteiger partial charge on any atom is -0.488 e. The summed E-state index contributed by atoms with van der Waals surface area (Å²) >= 11 is 0. The molecule has 1 aromatic heterocycles. The molecule has 40 heavy (non-hydrogen) atoms. The van der Waals surface area contributed by atoms with Crippen LogP contribution in [-0.4, -0.2) is 27.0 Å². The molecule has 0 aliphatic rings. The number of halogens is 3. The molecular weight excluding hydrogens is 523 g/mol. The minimum atomic E-state index is -4.58. The van der Waals surface area contributed by atoms with E-state index in [4.69, 9.17) is 9.84 Å². The van der Waals surface area contributed by atoms with Crippen molar-refractivity contribution in [3.8, 4) is 17.1 Å². The van der Waals surface area contributed by atoms with Crippen LogP contribution in [0.1, 0.15) is 27.0 Å². The van der Waals surface area contributed by atoms with E-state index in [1.807, 2.05) is 0 Å². The van der Waals surface area contributed by atoms with E-state index in [1.165, 1.54) is 30.5 Å². The van der Waals surface area contributed by atoms with E-state index in [1.54, 1.807) is 60.7 Å². The lowest BCUT2D eigenvalue weighted by atomic mass is 10.1. The van der Waals surface area contributed by atoms with E-state index in [2.05, 4.69) is 10.1 Å². The molecule has 10 heteroatoms.